The first-order valence-corrected chi connectivity index (χ1v) is 5.56. The van der Waals surface area contributed by atoms with Crippen molar-refractivity contribution in [1.82, 2.24) is 0 Å². The molecule has 1 unspecified atom stereocenters. The highest BCUT2D eigenvalue weighted by molar-refractivity contribution is 6.05. The van der Waals surface area contributed by atoms with Crippen LogP contribution in [0.5, 0.6) is 0 Å². The number of carbonyl (C=O) groups excluding carboxylic acids is 1. The van der Waals surface area contributed by atoms with Crippen molar-refractivity contribution in [1.29, 1.82) is 0 Å². The minimum Gasteiger partial charge on any atom is -0.478 e. The lowest BCUT2D eigenvalue weighted by molar-refractivity contribution is -0.117. The van der Waals surface area contributed by atoms with Crippen LogP contribution in [0.3, 0.4) is 0 Å². The molecule has 7 nitrogen and oxygen atoms in total. The number of hydrogen-bond donors (Lipinski definition) is 3. The Hall–Kier alpha value is -2.41. The van der Waals surface area contributed by atoms with E-state index in [1.165, 1.54) is 23.1 Å². The molecule has 100 valence electrons. The first-order valence-electron chi connectivity index (χ1n) is 5.56. The van der Waals surface area contributed by atoms with Crippen molar-refractivity contribution < 1.29 is 24.6 Å². The third-order valence-electron chi connectivity index (χ3n) is 2.92. The van der Waals surface area contributed by atoms with Gasteiger partial charge in [-0.2, -0.15) is 0 Å². The largest absolute Gasteiger partial charge is 0.478 e. The predicted octanol–water partition coefficient (Wildman–Crippen LogP) is 0.147. The van der Waals surface area contributed by atoms with Crippen molar-refractivity contribution >= 4 is 23.5 Å². The molecular weight excluding hydrogens is 252 g/mol. The van der Waals surface area contributed by atoms with Crippen LogP contribution in [0.2, 0.25) is 0 Å². The van der Waals surface area contributed by atoms with Gasteiger partial charge in [0.15, 0.2) is 0 Å². The Bertz CT molecular complexity index is 569. The van der Waals surface area contributed by atoms with Gasteiger partial charge in [-0.3, -0.25) is 4.79 Å². The van der Waals surface area contributed by atoms with Gasteiger partial charge in [0.1, 0.15) is 0 Å². The Kier molecular flexibility index (Phi) is 3.22. The fourth-order valence-corrected chi connectivity index (χ4v) is 2.04. The highest BCUT2D eigenvalue weighted by atomic mass is 16.4. The second kappa shape index (κ2) is 4.69. The first kappa shape index (κ1) is 13.0. The first-order chi connectivity index (χ1) is 8.90. The highest BCUT2D eigenvalue weighted by Crippen LogP contribution is 2.26. The number of carbonyl (C=O) groups is 3. The summed E-state index contributed by atoms with van der Waals surface area (Å²) in [6.07, 6.45) is 0.121. The van der Waals surface area contributed by atoms with Gasteiger partial charge in [0.05, 0.1) is 16.8 Å². The third-order valence-corrected chi connectivity index (χ3v) is 2.92. The van der Waals surface area contributed by atoms with E-state index in [2.05, 4.69) is 0 Å². The van der Waals surface area contributed by atoms with Gasteiger partial charge in [-0.25, -0.2) is 9.59 Å². The lowest BCUT2D eigenvalue weighted by Gasteiger charge is -2.19. The summed E-state index contributed by atoms with van der Waals surface area (Å²) in [5.41, 5.74) is 5.53. The Morgan fingerprint density at radius 1 is 1.26 bits per heavy atom. The topological polar surface area (TPSA) is 121 Å². The molecule has 4 N–H and O–H groups in total. The van der Waals surface area contributed by atoms with Crippen LogP contribution in [-0.4, -0.2) is 40.6 Å². The zero-order chi connectivity index (χ0) is 14.2. The molecule has 1 aromatic rings. The molecule has 1 saturated heterocycles. The second-order valence-electron chi connectivity index (χ2n) is 4.31. The molecule has 0 aliphatic carbocycles. The second-order valence-corrected chi connectivity index (χ2v) is 4.31. The smallest absolute Gasteiger partial charge is 0.337 e. The van der Waals surface area contributed by atoms with Gasteiger partial charge in [0.25, 0.3) is 0 Å². The number of rotatable bonds is 3. The van der Waals surface area contributed by atoms with Crippen molar-refractivity contribution in [3.05, 3.63) is 29.3 Å². The number of carboxylic acid groups (broad SMARTS) is 2. The van der Waals surface area contributed by atoms with Crippen LogP contribution in [0.25, 0.3) is 0 Å². The molecule has 1 aliphatic heterocycles. The molecule has 7 heteroatoms. The summed E-state index contributed by atoms with van der Waals surface area (Å²) in [6.45, 7) is 0.183. The Morgan fingerprint density at radius 2 is 1.95 bits per heavy atom. The monoisotopic (exact) mass is 264 g/mol. The van der Waals surface area contributed by atoms with Gasteiger partial charge in [-0.15, -0.1) is 0 Å². The number of amides is 1. The van der Waals surface area contributed by atoms with E-state index in [-0.39, 0.29) is 41.7 Å². The minimum atomic E-state index is -1.22. The fraction of sp³-hybridized carbons (Fsp3) is 0.250. The molecule has 1 atom stereocenters. The molecular formula is C12H12N2O5. The van der Waals surface area contributed by atoms with Crippen LogP contribution in [0.1, 0.15) is 27.1 Å². The molecule has 1 fully saturated rings. The van der Waals surface area contributed by atoms with E-state index < -0.39 is 11.9 Å². The molecule has 1 aromatic carbocycles. The zero-order valence-electron chi connectivity index (χ0n) is 9.87. The van der Waals surface area contributed by atoms with E-state index in [1.807, 2.05) is 0 Å². The number of hydrogen-bond acceptors (Lipinski definition) is 4. The van der Waals surface area contributed by atoms with Crippen molar-refractivity contribution in [2.45, 2.75) is 12.5 Å². The summed E-state index contributed by atoms with van der Waals surface area (Å²) in [6, 6.07) is 3.18. The molecule has 0 aromatic heterocycles. The molecule has 0 spiro atoms. The lowest BCUT2D eigenvalue weighted by Crippen LogP contribution is -2.29. The molecule has 1 amide bonds. The summed E-state index contributed by atoms with van der Waals surface area (Å²) in [4.78, 5) is 35.0. The van der Waals surface area contributed by atoms with Crippen molar-refractivity contribution in [3.63, 3.8) is 0 Å². The maximum atomic E-state index is 11.7. The van der Waals surface area contributed by atoms with E-state index >= 15 is 0 Å². The average Bonchev–Trinajstić information content (AvgIpc) is 2.67. The molecule has 0 bridgehead atoms. The SMILES string of the molecule is NC1CC(=O)N(c2cc(C(=O)O)ccc2C(=O)O)C1. The predicted molar refractivity (Wildman–Crippen MR) is 65.3 cm³/mol. The van der Waals surface area contributed by atoms with E-state index in [0.717, 1.165) is 0 Å². The van der Waals surface area contributed by atoms with Crippen LogP contribution in [0.15, 0.2) is 18.2 Å². The van der Waals surface area contributed by atoms with Crippen LogP contribution >= 0.6 is 0 Å². The maximum absolute atomic E-state index is 11.7. The highest BCUT2D eigenvalue weighted by Gasteiger charge is 2.31. The minimum absolute atomic E-state index is 0.0744. The Labute approximate surface area is 108 Å². The summed E-state index contributed by atoms with van der Waals surface area (Å²) < 4.78 is 0. The number of carboxylic acids is 2. The summed E-state index contributed by atoms with van der Waals surface area (Å²) in [5, 5.41) is 18.0. The van der Waals surface area contributed by atoms with E-state index in [0.29, 0.717) is 0 Å². The van der Waals surface area contributed by atoms with Crippen molar-refractivity contribution in [3.8, 4) is 0 Å². The van der Waals surface area contributed by atoms with E-state index in [4.69, 9.17) is 15.9 Å². The lowest BCUT2D eigenvalue weighted by atomic mass is 10.1. The summed E-state index contributed by atoms with van der Waals surface area (Å²) in [7, 11) is 0. The molecule has 1 heterocycles. The Morgan fingerprint density at radius 3 is 2.42 bits per heavy atom. The zero-order valence-corrected chi connectivity index (χ0v) is 9.87. The van der Waals surface area contributed by atoms with Gasteiger partial charge in [0.2, 0.25) is 5.91 Å². The number of anilines is 1. The fourth-order valence-electron chi connectivity index (χ4n) is 2.04. The summed E-state index contributed by atoms with van der Waals surface area (Å²) >= 11 is 0. The Balaban J connectivity index is 2.52. The van der Waals surface area contributed by atoms with Crippen LogP contribution in [0, 0.1) is 0 Å². The van der Waals surface area contributed by atoms with Gasteiger partial charge < -0.3 is 20.8 Å². The quantitative estimate of drug-likeness (QED) is 0.714. The number of nitrogens with two attached hydrogens (primary N) is 1. The number of aromatic carboxylic acids is 2. The van der Waals surface area contributed by atoms with Crippen molar-refractivity contribution in [2.75, 3.05) is 11.4 Å². The molecule has 0 saturated carbocycles. The van der Waals surface area contributed by atoms with Crippen LogP contribution in [-0.2, 0) is 4.79 Å². The standard InChI is InChI=1S/C12H12N2O5/c13-7-4-10(15)14(5-7)9-3-6(11(16)17)1-2-8(9)12(18)19/h1-3,7H,4-5,13H2,(H,16,17)(H,18,19). The average molecular weight is 264 g/mol. The van der Waals surface area contributed by atoms with Crippen molar-refractivity contribution in [2.24, 2.45) is 5.73 Å². The number of benzene rings is 1. The van der Waals surface area contributed by atoms with Gasteiger partial charge in [-0.05, 0) is 18.2 Å². The summed E-state index contributed by atoms with van der Waals surface area (Å²) in [5.74, 6) is -2.72. The van der Waals surface area contributed by atoms with Crippen LogP contribution < -0.4 is 10.6 Å². The molecule has 19 heavy (non-hydrogen) atoms. The molecule has 2 rings (SSSR count). The van der Waals surface area contributed by atoms with E-state index in [1.54, 1.807) is 0 Å². The normalized spacial score (nSPS) is 18.7. The van der Waals surface area contributed by atoms with E-state index in [9.17, 15) is 14.4 Å². The van der Waals surface area contributed by atoms with Gasteiger partial charge in [-0.1, -0.05) is 0 Å². The maximum Gasteiger partial charge on any atom is 0.337 e. The molecule has 0 radical (unpaired) electrons. The molecule has 1 aliphatic rings. The van der Waals surface area contributed by atoms with Gasteiger partial charge in [0, 0.05) is 19.0 Å². The number of nitrogens with zero attached hydrogens (tertiary/aromatic N) is 1. The van der Waals surface area contributed by atoms with Gasteiger partial charge >= 0.3 is 11.9 Å². The third kappa shape index (κ3) is 2.41. The van der Waals surface area contributed by atoms with Crippen LogP contribution in [0.4, 0.5) is 5.69 Å².